The fraction of sp³-hybridized carbons (Fsp3) is 0.368. The van der Waals surface area contributed by atoms with Crippen LogP contribution in [0.25, 0.3) is 5.00 Å². The number of nitrogens with zero attached hydrogens (tertiary/aromatic N) is 3. The van der Waals surface area contributed by atoms with Crippen LogP contribution in [-0.4, -0.2) is 27.6 Å². The molecule has 0 radical (unpaired) electrons. The van der Waals surface area contributed by atoms with Gasteiger partial charge in [0.1, 0.15) is 16.5 Å². The number of rotatable bonds is 5. The van der Waals surface area contributed by atoms with Crippen molar-refractivity contribution in [3.63, 3.8) is 0 Å². The Morgan fingerprint density at radius 1 is 1.36 bits per heavy atom. The minimum atomic E-state index is 0.0153. The van der Waals surface area contributed by atoms with Crippen molar-refractivity contribution >= 4 is 17.2 Å². The van der Waals surface area contributed by atoms with Crippen molar-refractivity contribution in [3.05, 3.63) is 58.1 Å². The summed E-state index contributed by atoms with van der Waals surface area (Å²) in [5.41, 5.74) is 2.63. The second kappa shape index (κ2) is 6.19. The molecule has 1 amide bonds. The molecular weight excluding hydrogens is 334 g/mol. The third kappa shape index (κ3) is 3.02. The Morgan fingerprint density at radius 3 is 2.76 bits per heavy atom. The smallest absolute Gasteiger partial charge is 0.257 e. The number of hydrogen-bond donors (Lipinski definition) is 0. The molecule has 25 heavy (non-hydrogen) atoms. The van der Waals surface area contributed by atoms with Crippen molar-refractivity contribution in [3.8, 4) is 5.00 Å². The van der Waals surface area contributed by atoms with E-state index in [0.717, 1.165) is 32.5 Å². The highest BCUT2D eigenvalue weighted by molar-refractivity contribution is 7.15. The summed E-state index contributed by atoms with van der Waals surface area (Å²) in [5, 5.41) is 5.09. The van der Waals surface area contributed by atoms with Gasteiger partial charge in [-0.1, -0.05) is 5.16 Å². The van der Waals surface area contributed by atoms with Crippen LogP contribution in [-0.2, 0) is 6.54 Å². The van der Waals surface area contributed by atoms with E-state index in [-0.39, 0.29) is 5.91 Å². The Hall–Kier alpha value is -2.34. The topological polar surface area (TPSA) is 51.3 Å². The van der Waals surface area contributed by atoms with Crippen LogP contribution in [0.4, 0.5) is 0 Å². The lowest BCUT2D eigenvalue weighted by Crippen LogP contribution is -2.27. The molecule has 0 aromatic carbocycles. The van der Waals surface area contributed by atoms with Crippen LogP contribution in [0, 0.1) is 13.8 Å². The monoisotopic (exact) mass is 355 g/mol. The zero-order valence-electron chi connectivity index (χ0n) is 14.7. The van der Waals surface area contributed by atoms with E-state index in [9.17, 15) is 4.79 Å². The molecule has 6 heteroatoms. The number of aryl methyl sites for hydroxylation is 1. The van der Waals surface area contributed by atoms with Crippen LogP contribution in [0.5, 0.6) is 0 Å². The van der Waals surface area contributed by atoms with E-state index in [2.05, 4.69) is 12.1 Å². The Bertz CT molecular complexity index is 903. The highest BCUT2D eigenvalue weighted by Crippen LogP contribution is 2.40. The molecule has 1 aliphatic carbocycles. The second-order valence-electron chi connectivity index (χ2n) is 6.71. The second-order valence-corrected chi connectivity index (χ2v) is 7.91. The first kappa shape index (κ1) is 16.1. The average Bonchev–Trinajstić information content (AvgIpc) is 2.99. The van der Waals surface area contributed by atoms with Gasteiger partial charge in [0.15, 0.2) is 0 Å². The Kier molecular flexibility index (Phi) is 4.00. The number of carbonyl (C=O) groups excluding carboxylic acids is 1. The molecule has 5 nitrogen and oxygen atoms in total. The van der Waals surface area contributed by atoms with Crippen molar-refractivity contribution in [2.45, 2.75) is 39.2 Å². The zero-order valence-corrected chi connectivity index (χ0v) is 15.5. The number of hydrogen-bond acceptors (Lipinski definition) is 4. The number of aromatic nitrogens is 2. The van der Waals surface area contributed by atoms with Crippen LogP contribution in [0.3, 0.4) is 0 Å². The fourth-order valence-electron chi connectivity index (χ4n) is 2.98. The Balaban J connectivity index is 1.59. The molecule has 0 atom stereocenters. The number of carbonyl (C=O) groups is 1. The molecule has 0 unspecified atom stereocenters. The van der Waals surface area contributed by atoms with E-state index < -0.39 is 0 Å². The van der Waals surface area contributed by atoms with Gasteiger partial charge in [-0.25, -0.2) is 0 Å². The van der Waals surface area contributed by atoms with Gasteiger partial charge in [-0.3, -0.25) is 4.79 Å². The number of amides is 1. The molecule has 0 N–H and O–H groups in total. The summed E-state index contributed by atoms with van der Waals surface area (Å²) in [5.74, 6) is 1.50. The molecule has 3 aromatic heterocycles. The highest BCUT2D eigenvalue weighted by atomic mass is 32.1. The lowest BCUT2D eigenvalue weighted by atomic mass is 10.1. The van der Waals surface area contributed by atoms with E-state index in [1.807, 2.05) is 49.1 Å². The van der Waals surface area contributed by atoms with E-state index in [4.69, 9.17) is 4.52 Å². The molecule has 4 rings (SSSR count). The predicted octanol–water partition coefficient (Wildman–Crippen LogP) is 4.29. The van der Waals surface area contributed by atoms with Crippen LogP contribution in [0.1, 0.15) is 51.0 Å². The first-order valence-electron chi connectivity index (χ1n) is 8.49. The normalized spacial score (nSPS) is 14.0. The van der Waals surface area contributed by atoms with Gasteiger partial charge in [-0.05, 0) is 44.4 Å². The predicted molar refractivity (Wildman–Crippen MR) is 97.4 cm³/mol. The first-order valence-corrected chi connectivity index (χ1v) is 9.30. The molecule has 1 aliphatic rings. The third-order valence-corrected chi connectivity index (χ3v) is 5.94. The summed E-state index contributed by atoms with van der Waals surface area (Å²) in [6.45, 7) is 4.53. The number of thiophene rings is 1. The molecule has 130 valence electrons. The van der Waals surface area contributed by atoms with Gasteiger partial charge in [-0.2, -0.15) is 0 Å². The molecular formula is C19H21N3O2S. The molecule has 3 aromatic rings. The van der Waals surface area contributed by atoms with Crippen molar-refractivity contribution in [2.75, 3.05) is 7.05 Å². The first-order chi connectivity index (χ1) is 12.0. The standard InChI is InChI=1S/C19H21N3O2S/c1-12-13(2)25-19(22-8-4-5-9-22)17(12)18(23)21(3)11-15-10-16(24-20-15)14-6-7-14/h4-5,8-10,14H,6-7,11H2,1-3H3. The molecule has 0 aliphatic heterocycles. The van der Waals surface area contributed by atoms with Gasteiger partial charge >= 0.3 is 0 Å². The molecule has 1 fully saturated rings. The van der Waals surface area contributed by atoms with Crippen LogP contribution >= 0.6 is 11.3 Å². The van der Waals surface area contributed by atoms with Crippen LogP contribution < -0.4 is 0 Å². The summed E-state index contributed by atoms with van der Waals surface area (Å²) >= 11 is 1.65. The zero-order chi connectivity index (χ0) is 17.6. The Labute approximate surface area is 150 Å². The van der Waals surface area contributed by atoms with Gasteiger partial charge in [0.2, 0.25) is 0 Å². The van der Waals surface area contributed by atoms with Crippen molar-refractivity contribution < 1.29 is 9.32 Å². The summed E-state index contributed by atoms with van der Waals surface area (Å²) in [4.78, 5) is 16.0. The quantitative estimate of drug-likeness (QED) is 0.686. The molecule has 0 spiro atoms. The van der Waals surface area contributed by atoms with Crippen molar-refractivity contribution in [2.24, 2.45) is 0 Å². The maximum atomic E-state index is 13.1. The minimum absolute atomic E-state index is 0.0153. The summed E-state index contributed by atoms with van der Waals surface area (Å²) in [6.07, 6.45) is 6.30. The maximum Gasteiger partial charge on any atom is 0.257 e. The van der Waals surface area contributed by atoms with Gasteiger partial charge in [0.05, 0.1) is 12.1 Å². The van der Waals surface area contributed by atoms with Crippen LogP contribution in [0.2, 0.25) is 0 Å². The van der Waals surface area contributed by atoms with Gasteiger partial charge in [0, 0.05) is 36.3 Å². The van der Waals surface area contributed by atoms with E-state index in [1.165, 1.54) is 12.8 Å². The summed E-state index contributed by atoms with van der Waals surface area (Å²) in [7, 11) is 1.82. The lowest BCUT2D eigenvalue weighted by molar-refractivity contribution is 0.0782. The van der Waals surface area contributed by atoms with Gasteiger partial charge < -0.3 is 14.0 Å². The van der Waals surface area contributed by atoms with Crippen LogP contribution in [0.15, 0.2) is 35.1 Å². The summed E-state index contributed by atoms with van der Waals surface area (Å²) < 4.78 is 7.40. The van der Waals surface area contributed by atoms with Gasteiger partial charge in [0.25, 0.3) is 5.91 Å². The lowest BCUT2D eigenvalue weighted by Gasteiger charge is -2.17. The molecule has 3 heterocycles. The third-order valence-electron chi connectivity index (χ3n) is 4.72. The SMILES string of the molecule is Cc1sc(-n2cccc2)c(C(=O)N(C)Cc2cc(C3CC3)on2)c1C. The molecule has 0 bridgehead atoms. The van der Waals surface area contributed by atoms with Gasteiger partial charge in [-0.15, -0.1) is 11.3 Å². The highest BCUT2D eigenvalue weighted by Gasteiger charge is 2.29. The maximum absolute atomic E-state index is 13.1. The molecule has 0 saturated heterocycles. The Morgan fingerprint density at radius 2 is 2.08 bits per heavy atom. The largest absolute Gasteiger partial charge is 0.361 e. The molecule has 1 saturated carbocycles. The fourth-order valence-corrected chi connectivity index (χ4v) is 4.10. The van der Waals surface area contributed by atoms with E-state index >= 15 is 0 Å². The van der Waals surface area contributed by atoms with E-state index in [0.29, 0.717) is 12.5 Å². The minimum Gasteiger partial charge on any atom is -0.361 e. The summed E-state index contributed by atoms with van der Waals surface area (Å²) in [6, 6.07) is 5.92. The van der Waals surface area contributed by atoms with Crippen molar-refractivity contribution in [1.29, 1.82) is 0 Å². The van der Waals surface area contributed by atoms with Crippen molar-refractivity contribution in [1.82, 2.24) is 14.6 Å². The van der Waals surface area contributed by atoms with E-state index in [1.54, 1.807) is 16.2 Å². The average molecular weight is 355 g/mol.